The molecule has 2 rings (SSSR count). The smallest absolute Gasteiger partial charge is 0.226 e. The first-order chi connectivity index (χ1) is 13.1. The molecule has 1 aliphatic rings. The lowest BCUT2D eigenvalue weighted by Gasteiger charge is -2.23. The first-order valence-electron chi connectivity index (χ1n) is 9.94. The molecule has 2 atom stereocenters. The monoisotopic (exact) mass is 409 g/mol. The van der Waals surface area contributed by atoms with Crippen LogP contribution in [0.5, 0.6) is 0 Å². The second kappa shape index (κ2) is 9.60. The molecule has 1 aliphatic carbocycles. The van der Waals surface area contributed by atoms with Crippen molar-refractivity contribution in [3.63, 3.8) is 0 Å². The highest BCUT2D eigenvalue weighted by atomic mass is 32.1. The Hall–Kier alpha value is -1.80. The molecule has 0 fully saturated rings. The first-order valence-corrected chi connectivity index (χ1v) is 10.8. The van der Waals surface area contributed by atoms with Crippen molar-refractivity contribution in [1.82, 2.24) is 10.3 Å². The van der Waals surface area contributed by atoms with Crippen LogP contribution in [0.1, 0.15) is 81.6 Å². The van der Waals surface area contributed by atoms with Crippen LogP contribution in [0.25, 0.3) is 0 Å². The summed E-state index contributed by atoms with van der Waals surface area (Å²) in [7, 11) is 0. The van der Waals surface area contributed by atoms with Gasteiger partial charge in [0.25, 0.3) is 0 Å². The average molecular weight is 410 g/mol. The van der Waals surface area contributed by atoms with Crippen LogP contribution in [-0.4, -0.2) is 39.3 Å². The van der Waals surface area contributed by atoms with Gasteiger partial charge < -0.3 is 15.7 Å². The molecule has 8 heteroatoms. The van der Waals surface area contributed by atoms with Crippen LogP contribution >= 0.6 is 11.3 Å². The quantitative estimate of drug-likeness (QED) is 0.581. The normalized spacial score (nSPS) is 17.8. The van der Waals surface area contributed by atoms with Crippen molar-refractivity contribution in [2.24, 2.45) is 5.92 Å². The summed E-state index contributed by atoms with van der Waals surface area (Å²) in [5.74, 6) is -0.780. The minimum atomic E-state index is -0.704. The molecule has 7 nitrogen and oxygen atoms in total. The van der Waals surface area contributed by atoms with Gasteiger partial charge in [-0.15, -0.1) is 0 Å². The van der Waals surface area contributed by atoms with E-state index < -0.39 is 11.5 Å². The van der Waals surface area contributed by atoms with Crippen molar-refractivity contribution < 1.29 is 19.5 Å². The largest absolute Gasteiger partial charge is 0.390 e. The topological polar surface area (TPSA) is 108 Å². The van der Waals surface area contributed by atoms with Crippen molar-refractivity contribution in [2.45, 2.75) is 84.3 Å². The van der Waals surface area contributed by atoms with Gasteiger partial charge in [-0.3, -0.25) is 14.4 Å². The van der Waals surface area contributed by atoms with Gasteiger partial charge in [0.1, 0.15) is 0 Å². The maximum Gasteiger partial charge on any atom is 0.226 e. The van der Waals surface area contributed by atoms with Crippen LogP contribution in [0.4, 0.5) is 5.13 Å². The summed E-state index contributed by atoms with van der Waals surface area (Å²) in [6.07, 6.45) is 3.98. The minimum Gasteiger partial charge on any atom is -0.390 e. The van der Waals surface area contributed by atoms with E-state index in [1.165, 1.54) is 11.3 Å². The molecule has 2 amide bonds. The van der Waals surface area contributed by atoms with Gasteiger partial charge >= 0.3 is 0 Å². The fraction of sp³-hybridized carbons (Fsp3) is 0.700. The van der Waals surface area contributed by atoms with E-state index >= 15 is 0 Å². The van der Waals surface area contributed by atoms with Gasteiger partial charge in [-0.25, -0.2) is 4.98 Å². The third-order valence-electron chi connectivity index (χ3n) is 4.73. The Labute approximate surface area is 170 Å². The molecule has 3 N–H and O–H groups in total. The maximum atomic E-state index is 12.6. The van der Waals surface area contributed by atoms with Crippen LogP contribution in [0.15, 0.2) is 0 Å². The van der Waals surface area contributed by atoms with Gasteiger partial charge in [-0.2, -0.15) is 0 Å². The second-order valence-electron chi connectivity index (χ2n) is 8.24. The fourth-order valence-corrected chi connectivity index (χ4v) is 4.21. The van der Waals surface area contributed by atoms with E-state index in [1.54, 1.807) is 13.8 Å². The van der Waals surface area contributed by atoms with Gasteiger partial charge in [0, 0.05) is 25.3 Å². The number of Topliss-reactive ketones (excluding diaryl/α,β-unsaturated/α-hetero) is 1. The van der Waals surface area contributed by atoms with Gasteiger partial charge in [0.05, 0.1) is 22.1 Å². The molecular formula is C20H31N3O4S. The van der Waals surface area contributed by atoms with E-state index in [0.717, 1.165) is 19.3 Å². The molecule has 1 heterocycles. The second-order valence-corrected chi connectivity index (χ2v) is 9.23. The van der Waals surface area contributed by atoms with Crippen molar-refractivity contribution in [1.29, 1.82) is 0 Å². The number of aliphatic hydroxyl groups is 1. The maximum absolute atomic E-state index is 12.6. The third-order valence-corrected chi connectivity index (χ3v) is 5.78. The zero-order chi connectivity index (χ0) is 20.9. The highest BCUT2D eigenvalue weighted by molar-refractivity contribution is 7.17. The Kier molecular flexibility index (Phi) is 7.71. The fourth-order valence-electron chi connectivity index (χ4n) is 3.25. The summed E-state index contributed by atoms with van der Waals surface area (Å²) in [6, 6.07) is -0.0225. The SMILES string of the molecule is CCCC(=O)Nc1nc2c(s1)C(=O)C[C@@H](C(=O)N[C@@H](C)CCCC(C)(C)O)C2. The zero-order valence-electron chi connectivity index (χ0n) is 17.1. The summed E-state index contributed by atoms with van der Waals surface area (Å²) in [6.45, 7) is 7.40. The van der Waals surface area contributed by atoms with Gasteiger partial charge in [0.15, 0.2) is 10.9 Å². The lowest BCUT2D eigenvalue weighted by molar-refractivity contribution is -0.125. The Balaban J connectivity index is 1.91. The number of anilines is 1. The van der Waals surface area contributed by atoms with E-state index in [2.05, 4.69) is 15.6 Å². The highest BCUT2D eigenvalue weighted by Gasteiger charge is 2.33. The summed E-state index contributed by atoms with van der Waals surface area (Å²) in [5.41, 5.74) is -0.104. The number of hydrogen-bond acceptors (Lipinski definition) is 6. The lowest BCUT2D eigenvalue weighted by atomic mass is 9.89. The number of rotatable bonds is 9. The number of carbonyl (C=O) groups is 3. The molecule has 0 radical (unpaired) electrons. The molecule has 0 aliphatic heterocycles. The molecule has 0 spiro atoms. The molecule has 1 aromatic rings. The molecular weight excluding hydrogens is 378 g/mol. The number of nitrogens with one attached hydrogen (secondary N) is 2. The number of nitrogens with zero attached hydrogens (tertiary/aromatic N) is 1. The highest BCUT2D eigenvalue weighted by Crippen LogP contribution is 2.32. The third kappa shape index (κ3) is 6.67. The van der Waals surface area contributed by atoms with Crippen molar-refractivity contribution in [3.05, 3.63) is 10.6 Å². The molecule has 0 bridgehead atoms. The number of fused-ring (bicyclic) bond motifs is 1. The number of ketones is 1. The Bertz CT molecular complexity index is 724. The molecule has 0 saturated heterocycles. The predicted molar refractivity (Wildman–Crippen MR) is 110 cm³/mol. The number of hydrogen-bond donors (Lipinski definition) is 3. The number of amides is 2. The summed E-state index contributed by atoms with van der Waals surface area (Å²) in [4.78, 5) is 41.7. The number of thiazole rings is 1. The van der Waals surface area contributed by atoms with E-state index in [1.807, 2.05) is 13.8 Å². The summed E-state index contributed by atoms with van der Waals surface area (Å²) < 4.78 is 0. The number of aromatic nitrogens is 1. The summed E-state index contributed by atoms with van der Waals surface area (Å²) >= 11 is 1.19. The van der Waals surface area contributed by atoms with E-state index in [0.29, 0.717) is 35.0 Å². The van der Waals surface area contributed by atoms with E-state index in [9.17, 15) is 19.5 Å². The Morgan fingerprint density at radius 2 is 2.07 bits per heavy atom. The van der Waals surface area contributed by atoms with E-state index in [-0.39, 0.29) is 30.1 Å². The Morgan fingerprint density at radius 1 is 1.36 bits per heavy atom. The van der Waals surface area contributed by atoms with Crippen molar-refractivity contribution in [3.8, 4) is 0 Å². The van der Waals surface area contributed by atoms with Crippen LogP contribution in [-0.2, 0) is 16.0 Å². The molecule has 28 heavy (non-hydrogen) atoms. The van der Waals surface area contributed by atoms with Gasteiger partial charge in [-0.05, 0) is 46.5 Å². The van der Waals surface area contributed by atoms with Crippen LogP contribution < -0.4 is 10.6 Å². The van der Waals surface area contributed by atoms with Crippen molar-refractivity contribution >= 4 is 34.1 Å². The molecule has 0 unspecified atom stereocenters. The lowest BCUT2D eigenvalue weighted by Crippen LogP contribution is -2.40. The molecule has 0 saturated carbocycles. The molecule has 156 valence electrons. The Morgan fingerprint density at radius 3 is 2.71 bits per heavy atom. The van der Waals surface area contributed by atoms with Crippen LogP contribution in [0.2, 0.25) is 0 Å². The predicted octanol–water partition coefficient (Wildman–Crippen LogP) is 3.07. The molecule has 0 aromatic carbocycles. The standard InChI is InChI=1S/C20H31N3O4S/c1-5-7-16(25)23-19-22-14-10-13(11-15(24)17(14)28-19)18(26)21-12(2)8-6-9-20(3,4)27/h12-13,27H,5-11H2,1-4H3,(H,21,26)(H,22,23,25)/t12-,13-/m0/s1. The first kappa shape index (κ1) is 22.5. The van der Waals surface area contributed by atoms with Gasteiger partial charge in [0.2, 0.25) is 11.8 Å². The van der Waals surface area contributed by atoms with Crippen LogP contribution in [0.3, 0.4) is 0 Å². The van der Waals surface area contributed by atoms with Crippen LogP contribution in [0, 0.1) is 5.92 Å². The molecule has 1 aromatic heterocycles. The van der Waals surface area contributed by atoms with Gasteiger partial charge in [-0.1, -0.05) is 18.3 Å². The average Bonchev–Trinajstić information content (AvgIpc) is 2.96. The van der Waals surface area contributed by atoms with E-state index in [4.69, 9.17) is 0 Å². The van der Waals surface area contributed by atoms with Crippen molar-refractivity contribution in [2.75, 3.05) is 5.32 Å². The minimum absolute atomic E-state index is 0.0225. The summed E-state index contributed by atoms with van der Waals surface area (Å²) in [5, 5.41) is 15.9. The zero-order valence-corrected chi connectivity index (χ0v) is 17.9. The number of carbonyl (C=O) groups excluding carboxylic acids is 3.